The summed E-state index contributed by atoms with van der Waals surface area (Å²) >= 11 is 0. The van der Waals surface area contributed by atoms with Gasteiger partial charge in [-0.15, -0.1) is 0 Å². The van der Waals surface area contributed by atoms with Crippen LogP contribution in [0.25, 0.3) is 0 Å². The van der Waals surface area contributed by atoms with E-state index in [1.54, 1.807) is 0 Å². The summed E-state index contributed by atoms with van der Waals surface area (Å²) in [7, 11) is 0. The molecular formula is C14H15F4NO2. The number of rotatable bonds is 2. The number of hydrogen-bond acceptors (Lipinski definition) is 2. The van der Waals surface area contributed by atoms with Crippen LogP contribution < -0.4 is 5.32 Å². The lowest BCUT2D eigenvalue weighted by Crippen LogP contribution is -2.45. The van der Waals surface area contributed by atoms with Gasteiger partial charge in [-0.2, -0.15) is 13.2 Å². The Morgan fingerprint density at radius 1 is 1.24 bits per heavy atom. The van der Waals surface area contributed by atoms with E-state index in [2.05, 4.69) is 5.32 Å². The molecule has 0 heterocycles. The van der Waals surface area contributed by atoms with Gasteiger partial charge in [-0.25, -0.2) is 4.39 Å². The van der Waals surface area contributed by atoms with Gasteiger partial charge in [0.1, 0.15) is 5.82 Å². The summed E-state index contributed by atoms with van der Waals surface area (Å²) in [6.45, 7) is 0. The Hall–Kier alpha value is -1.63. The Morgan fingerprint density at radius 3 is 2.52 bits per heavy atom. The van der Waals surface area contributed by atoms with Crippen LogP contribution in [0.2, 0.25) is 0 Å². The molecule has 2 unspecified atom stereocenters. The number of aliphatic hydroxyl groups excluding tert-OH is 1. The molecule has 0 aromatic heterocycles. The topological polar surface area (TPSA) is 49.3 Å². The van der Waals surface area contributed by atoms with Gasteiger partial charge in [0.2, 0.25) is 0 Å². The number of amides is 1. The molecule has 0 bridgehead atoms. The molecule has 1 aromatic carbocycles. The SMILES string of the molecule is O=C(NC1CCCCC1O)c1cccc(C(F)(F)F)c1F. The second kappa shape index (κ2) is 6.01. The van der Waals surface area contributed by atoms with Gasteiger partial charge in [0.25, 0.3) is 5.91 Å². The van der Waals surface area contributed by atoms with E-state index in [4.69, 9.17) is 0 Å². The summed E-state index contributed by atoms with van der Waals surface area (Å²) in [4.78, 5) is 11.9. The zero-order chi connectivity index (χ0) is 15.6. The number of benzene rings is 1. The van der Waals surface area contributed by atoms with Crippen LogP contribution in [-0.2, 0) is 6.18 Å². The monoisotopic (exact) mass is 305 g/mol. The fraction of sp³-hybridized carbons (Fsp3) is 0.500. The van der Waals surface area contributed by atoms with E-state index in [1.807, 2.05) is 0 Å². The first-order valence-electron chi connectivity index (χ1n) is 6.65. The van der Waals surface area contributed by atoms with Crippen molar-refractivity contribution in [2.45, 2.75) is 44.0 Å². The van der Waals surface area contributed by atoms with Gasteiger partial charge in [-0.05, 0) is 25.0 Å². The third kappa shape index (κ3) is 3.53. The van der Waals surface area contributed by atoms with Crippen LogP contribution in [0, 0.1) is 5.82 Å². The number of halogens is 4. The van der Waals surface area contributed by atoms with Gasteiger partial charge in [0, 0.05) is 0 Å². The fourth-order valence-corrected chi connectivity index (χ4v) is 2.45. The highest BCUT2D eigenvalue weighted by Crippen LogP contribution is 2.32. The highest BCUT2D eigenvalue weighted by Gasteiger charge is 2.36. The molecule has 1 amide bonds. The molecule has 1 aliphatic rings. The number of carbonyl (C=O) groups excluding carboxylic acids is 1. The first-order chi connectivity index (χ1) is 9.80. The van der Waals surface area contributed by atoms with Gasteiger partial charge < -0.3 is 10.4 Å². The molecule has 0 spiro atoms. The summed E-state index contributed by atoms with van der Waals surface area (Å²) in [5.41, 5.74) is -2.14. The van der Waals surface area contributed by atoms with Crippen molar-refractivity contribution in [2.24, 2.45) is 0 Å². The maximum atomic E-state index is 13.8. The average Bonchev–Trinajstić information content (AvgIpc) is 2.40. The molecule has 1 aliphatic carbocycles. The number of carbonyl (C=O) groups is 1. The molecule has 0 radical (unpaired) electrons. The van der Waals surface area contributed by atoms with Gasteiger partial charge in [0.15, 0.2) is 0 Å². The van der Waals surface area contributed by atoms with Crippen molar-refractivity contribution < 1.29 is 27.5 Å². The van der Waals surface area contributed by atoms with Gasteiger partial charge in [0.05, 0.1) is 23.3 Å². The second-order valence-electron chi connectivity index (χ2n) is 5.10. The third-order valence-corrected chi connectivity index (χ3v) is 3.59. The minimum atomic E-state index is -4.86. The minimum absolute atomic E-state index is 0.510. The van der Waals surface area contributed by atoms with Crippen molar-refractivity contribution in [2.75, 3.05) is 0 Å². The predicted molar refractivity (Wildman–Crippen MR) is 67.1 cm³/mol. The maximum Gasteiger partial charge on any atom is 0.419 e. The molecule has 21 heavy (non-hydrogen) atoms. The van der Waals surface area contributed by atoms with Crippen LogP contribution in [0.1, 0.15) is 41.6 Å². The third-order valence-electron chi connectivity index (χ3n) is 3.59. The minimum Gasteiger partial charge on any atom is -0.391 e. The Labute approximate surface area is 119 Å². The Bertz CT molecular complexity index is 530. The van der Waals surface area contributed by atoms with Crippen LogP contribution in [0.3, 0.4) is 0 Å². The lowest BCUT2D eigenvalue weighted by molar-refractivity contribution is -0.140. The molecule has 0 saturated heterocycles. The van der Waals surface area contributed by atoms with Crippen molar-refractivity contribution in [3.05, 3.63) is 35.1 Å². The Balaban J connectivity index is 2.20. The van der Waals surface area contributed by atoms with Crippen molar-refractivity contribution in [1.29, 1.82) is 0 Å². The van der Waals surface area contributed by atoms with Crippen LogP contribution in [0.4, 0.5) is 17.6 Å². The normalized spacial score (nSPS) is 22.9. The summed E-state index contributed by atoms with van der Waals surface area (Å²) in [6.07, 6.45) is -2.95. The van der Waals surface area contributed by atoms with Gasteiger partial charge >= 0.3 is 6.18 Å². The van der Waals surface area contributed by atoms with E-state index in [1.165, 1.54) is 0 Å². The highest BCUT2D eigenvalue weighted by molar-refractivity contribution is 5.95. The predicted octanol–water partition coefficient (Wildman–Crippen LogP) is 2.88. The zero-order valence-corrected chi connectivity index (χ0v) is 11.1. The number of hydrogen-bond donors (Lipinski definition) is 2. The van der Waals surface area contributed by atoms with E-state index in [0.29, 0.717) is 18.9 Å². The van der Waals surface area contributed by atoms with E-state index in [9.17, 15) is 27.5 Å². The summed E-state index contributed by atoms with van der Waals surface area (Å²) in [6, 6.07) is 2.01. The first kappa shape index (κ1) is 15.8. The molecule has 1 saturated carbocycles. The fourth-order valence-electron chi connectivity index (χ4n) is 2.45. The van der Waals surface area contributed by atoms with E-state index >= 15 is 0 Å². The average molecular weight is 305 g/mol. The number of nitrogens with one attached hydrogen (secondary N) is 1. The van der Waals surface area contributed by atoms with Crippen LogP contribution in [-0.4, -0.2) is 23.2 Å². The Morgan fingerprint density at radius 2 is 1.90 bits per heavy atom. The Kier molecular flexibility index (Phi) is 4.51. The molecule has 1 fully saturated rings. The summed E-state index contributed by atoms with van der Waals surface area (Å²) in [5, 5.41) is 12.1. The molecule has 7 heteroatoms. The van der Waals surface area contributed by atoms with E-state index in [0.717, 1.165) is 25.0 Å². The summed E-state index contributed by atoms with van der Waals surface area (Å²) < 4.78 is 51.6. The molecule has 2 atom stereocenters. The largest absolute Gasteiger partial charge is 0.419 e. The maximum absolute atomic E-state index is 13.8. The molecule has 2 N–H and O–H groups in total. The van der Waals surface area contributed by atoms with Gasteiger partial charge in [-0.1, -0.05) is 18.9 Å². The van der Waals surface area contributed by atoms with Crippen molar-refractivity contribution in [1.82, 2.24) is 5.32 Å². The second-order valence-corrected chi connectivity index (χ2v) is 5.10. The van der Waals surface area contributed by atoms with E-state index < -0.39 is 41.2 Å². The van der Waals surface area contributed by atoms with Crippen LogP contribution in [0.15, 0.2) is 18.2 Å². The molecule has 3 nitrogen and oxygen atoms in total. The van der Waals surface area contributed by atoms with Crippen molar-refractivity contribution >= 4 is 5.91 Å². The zero-order valence-electron chi connectivity index (χ0n) is 11.1. The van der Waals surface area contributed by atoms with Gasteiger partial charge in [-0.3, -0.25) is 4.79 Å². The summed E-state index contributed by atoms with van der Waals surface area (Å²) in [5.74, 6) is -2.53. The molecule has 1 aromatic rings. The molecule has 116 valence electrons. The standard InChI is InChI=1S/C14H15F4NO2/c15-12-8(4-3-5-9(12)14(16,17)18)13(21)19-10-6-1-2-7-11(10)20/h3-5,10-11,20H,1-2,6-7H2,(H,19,21). The smallest absolute Gasteiger partial charge is 0.391 e. The highest BCUT2D eigenvalue weighted by atomic mass is 19.4. The molecule has 0 aliphatic heterocycles. The number of aliphatic hydroxyl groups is 1. The quantitative estimate of drug-likeness (QED) is 0.826. The van der Waals surface area contributed by atoms with Crippen LogP contribution >= 0.6 is 0 Å². The number of alkyl halides is 3. The van der Waals surface area contributed by atoms with Crippen LogP contribution in [0.5, 0.6) is 0 Å². The van der Waals surface area contributed by atoms with Crippen molar-refractivity contribution in [3.63, 3.8) is 0 Å². The molecular weight excluding hydrogens is 290 g/mol. The van der Waals surface area contributed by atoms with Crippen molar-refractivity contribution in [3.8, 4) is 0 Å². The van der Waals surface area contributed by atoms with E-state index in [-0.39, 0.29) is 0 Å². The molecule has 2 rings (SSSR count). The lowest BCUT2D eigenvalue weighted by Gasteiger charge is -2.28. The first-order valence-corrected chi connectivity index (χ1v) is 6.65. The lowest BCUT2D eigenvalue weighted by atomic mass is 9.92.